The summed E-state index contributed by atoms with van der Waals surface area (Å²) in [6.45, 7) is 1.79. The number of piperidine rings is 1. The minimum absolute atomic E-state index is 0.0408. The van der Waals surface area contributed by atoms with Crippen molar-refractivity contribution in [1.29, 1.82) is 0 Å². The van der Waals surface area contributed by atoms with E-state index in [0.29, 0.717) is 23.1 Å². The highest BCUT2D eigenvalue weighted by Gasteiger charge is 2.47. The van der Waals surface area contributed by atoms with E-state index in [1.165, 1.54) is 55.0 Å². The Kier molecular flexibility index (Phi) is 5.57. The van der Waals surface area contributed by atoms with Crippen molar-refractivity contribution in [3.63, 3.8) is 0 Å². The highest BCUT2D eigenvalue weighted by Crippen LogP contribution is 2.43. The minimum atomic E-state index is 0.0408. The Labute approximate surface area is 235 Å². The normalized spacial score (nSPS) is 24.7. The van der Waals surface area contributed by atoms with Crippen LogP contribution in [0.5, 0.6) is 5.75 Å². The summed E-state index contributed by atoms with van der Waals surface area (Å²) in [5.41, 5.74) is 12.8. The first-order valence-corrected chi connectivity index (χ1v) is 15.3. The lowest BCUT2D eigenvalue weighted by Gasteiger charge is -2.27. The molecule has 7 heteroatoms. The molecule has 2 N–H and O–H groups in total. The number of rotatable bonds is 6. The van der Waals surface area contributed by atoms with Gasteiger partial charge in [0.05, 0.1) is 23.8 Å². The molecule has 40 heavy (non-hydrogen) atoms. The van der Waals surface area contributed by atoms with Gasteiger partial charge in [-0.15, -0.1) is 0 Å². The molecule has 0 unspecified atom stereocenters. The van der Waals surface area contributed by atoms with Crippen LogP contribution in [0.2, 0.25) is 0 Å². The molecule has 0 spiro atoms. The largest absolute Gasteiger partial charge is 0.494 e. The van der Waals surface area contributed by atoms with Gasteiger partial charge in [-0.1, -0.05) is 31.0 Å². The number of nitrogens with zero attached hydrogens (tertiary/aromatic N) is 4. The molecule has 2 aromatic heterocycles. The van der Waals surface area contributed by atoms with Gasteiger partial charge in [0.2, 0.25) is 0 Å². The predicted molar refractivity (Wildman–Crippen MR) is 158 cm³/mol. The first-order chi connectivity index (χ1) is 19.5. The smallest absolute Gasteiger partial charge is 0.254 e. The fraction of sp³-hybridized carbons (Fsp3) is 0.515. The molecule has 3 heterocycles. The standard InChI is InChI=1S/C33H39N5O2/c1-36-31-25(14-23(16-28(31)40-2)33(39)38-18-22-12-13-26(38)29(22)34)35-32(36)27-15-21-8-5-9-24(20-6-3-4-7-20)30(21)37(27)17-19-10-11-19/h5,8-9,14-16,19-20,22,26,29H,3-4,6-7,10-13,17-18,34H2,1-2H3/t22-,26-,29-/m1/s1. The van der Waals surface area contributed by atoms with Crippen molar-refractivity contribution in [3.05, 3.63) is 47.5 Å². The van der Waals surface area contributed by atoms with Gasteiger partial charge in [0.25, 0.3) is 5.91 Å². The Morgan fingerprint density at radius 3 is 2.58 bits per heavy atom. The van der Waals surface area contributed by atoms with E-state index in [2.05, 4.69) is 40.4 Å². The molecule has 4 fully saturated rings. The highest BCUT2D eigenvalue weighted by molar-refractivity contribution is 6.00. The zero-order chi connectivity index (χ0) is 27.1. The summed E-state index contributed by atoms with van der Waals surface area (Å²) in [5.74, 6) is 3.46. The number of aryl methyl sites for hydroxylation is 1. The lowest BCUT2D eigenvalue weighted by molar-refractivity contribution is 0.0700. The zero-order valence-electron chi connectivity index (χ0n) is 23.6. The van der Waals surface area contributed by atoms with Gasteiger partial charge in [0.15, 0.2) is 5.82 Å². The number of fused-ring (bicyclic) bond motifs is 4. The van der Waals surface area contributed by atoms with Crippen molar-refractivity contribution < 1.29 is 9.53 Å². The number of methoxy groups -OCH3 is 1. The number of hydrogen-bond donors (Lipinski definition) is 1. The first kappa shape index (κ1) is 24.5. The summed E-state index contributed by atoms with van der Waals surface area (Å²) in [5, 5.41) is 1.30. The third kappa shape index (κ3) is 3.66. The van der Waals surface area contributed by atoms with Gasteiger partial charge < -0.3 is 24.5 Å². The van der Waals surface area contributed by atoms with Gasteiger partial charge in [-0.3, -0.25) is 4.79 Å². The van der Waals surface area contributed by atoms with E-state index >= 15 is 0 Å². The molecular formula is C33H39N5O2. The molecule has 2 aromatic carbocycles. The van der Waals surface area contributed by atoms with Crippen molar-refractivity contribution in [2.75, 3.05) is 13.7 Å². The Morgan fingerprint density at radius 2 is 1.88 bits per heavy atom. The maximum Gasteiger partial charge on any atom is 0.254 e. The van der Waals surface area contributed by atoms with Crippen molar-refractivity contribution in [2.45, 2.75) is 75.9 Å². The zero-order valence-corrected chi connectivity index (χ0v) is 23.6. The summed E-state index contributed by atoms with van der Waals surface area (Å²) < 4.78 is 10.6. The van der Waals surface area contributed by atoms with Gasteiger partial charge >= 0.3 is 0 Å². The summed E-state index contributed by atoms with van der Waals surface area (Å²) >= 11 is 0. The van der Waals surface area contributed by atoms with Gasteiger partial charge in [0, 0.05) is 43.2 Å². The van der Waals surface area contributed by atoms with Crippen LogP contribution in [-0.4, -0.2) is 50.7 Å². The molecule has 3 aliphatic carbocycles. The van der Waals surface area contributed by atoms with E-state index in [1.807, 2.05) is 17.0 Å². The number of benzene rings is 2. The lowest BCUT2D eigenvalue weighted by Crippen LogP contribution is -2.41. The van der Waals surface area contributed by atoms with Crippen LogP contribution in [0.15, 0.2) is 36.4 Å². The monoisotopic (exact) mass is 537 g/mol. The van der Waals surface area contributed by atoms with E-state index in [-0.39, 0.29) is 18.0 Å². The molecule has 2 bridgehead atoms. The SMILES string of the molecule is COc1cc(C(=O)N2C[C@H]3CC[C@@H]2[C@@H]3N)cc2nc(-c3cc4cccc(C5CCCC5)c4n3CC3CC3)n(C)c12. The summed E-state index contributed by atoms with van der Waals surface area (Å²) in [4.78, 5) is 20.9. The van der Waals surface area contributed by atoms with Crippen LogP contribution in [0.3, 0.4) is 0 Å². The third-order valence-electron chi connectivity index (χ3n) is 10.4. The third-order valence-corrected chi connectivity index (χ3v) is 10.4. The molecule has 1 aliphatic heterocycles. The highest BCUT2D eigenvalue weighted by atomic mass is 16.5. The topological polar surface area (TPSA) is 78.3 Å². The quantitative estimate of drug-likeness (QED) is 0.336. The van der Waals surface area contributed by atoms with E-state index < -0.39 is 0 Å². The summed E-state index contributed by atoms with van der Waals surface area (Å²) in [6.07, 6.45) is 9.95. The Hall–Kier alpha value is -3.32. The number of aromatic nitrogens is 3. The van der Waals surface area contributed by atoms with Crippen molar-refractivity contribution >= 4 is 27.8 Å². The molecule has 1 saturated heterocycles. The van der Waals surface area contributed by atoms with Gasteiger partial charge in [-0.25, -0.2) is 4.98 Å². The maximum absolute atomic E-state index is 13.7. The van der Waals surface area contributed by atoms with Crippen LogP contribution in [0, 0.1) is 11.8 Å². The van der Waals surface area contributed by atoms with Gasteiger partial charge in [0.1, 0.15) is 11.3 Å². The number of hydrogen-bond acceptors (Lipinski definition) is 4. The fourth-order valence-corrected chi connectivity index (χ4v) is 8.12. The van der Waals surface area contributed by atoms with Crippen molar-refractivity contribution in [3.8, 4) is 17.3 Å². The average molecular weight is 538 g/mol. The Bertz CT molecular complexity index is 1640. The summed E-state index contributed by atoms with van der Waals surface area (Å²) in [7, 11) is 3.76. The molecule has 0 radical (unpaired) electrons. The molecule has 7 nitrogen and oxygen atoms in total. The second kappa shape index (κ2) is 9.10. The second-order valence-corrected chi connectivity index (χ2v) is 12.8. The van der Waals surface area contributed by atoms with Crippen LogP contribution in [0.4, 0.5) is 0 Å². The predicted octanol–water partition coefficient (Wildman–Crippen LogP) is 5.83. The Morgan fingerprint density at radius 1 is 1.05 bits per heavy atom. The molecular weight excluding hydrogens is 498 g/mol. The van der Waals surface area contributed by atoms with Crippen LogP contribution in [0.1, 0.15) is 73.2 Å². The number of carbonyl (C=O) groups is 1. The molecule has 1 amide bonds. The molecule has 4 aromatic rings. The number of carbonyl (C=O) groups excluding carboxylic acids is 1. The molecule has 4 aliphatic rings. The minimum Gasteiger partial charge on any atom is -0.494 e. The number of imidazole rings is 1. The first-order valence-electron chi connectivity index (χ1n) is 15.3. The number of nitrogens with two attached hydrogens (primary N) is 1. The van der Waals surface area contributed by atoms with Crippen LogP contribution >= 0.6 is 0 Å². The van der Waals surface area contributed by atoms with E-state index in [1.54, 1.807) is 7.11 Å². The van der Waals surface area contributed by atoms with Gasteiger partial charge in [-0.2, -0.15) is 0 Å². The summed E-state index contributed by atoms with van der Waals surface area (Å²) in [6, 6.07) is 13.3. The average Bonchev–Trinajstić information content (AvgIpc) is 3.35. The molecule has 3 atom stereocenters. The van der Waals surface area contributed by atoms with E-state index in [4.69, 9.17) is 15.5 Å². The fourth-order valence-electron chi connectivity index (χ4n) is 8.12. The van der Waals surface area contributed by atoms with Crippen LogP contribution < -0.4 is 10.5 Å². The number of para-hydroxylation sites is 1. The number of ether oxygens (including phenoxy) is 1. The number of amides is 1. The lowest BCUT2D eigenvalue weighted by atomic mass is 9.95. The van der Waals surface area contributed by atoms with Crippen LogP contribution in [0.25, 0.3) is 33.5 Å². The maximum atomic E-state index is 13.7. The molecule has 208 valence electrons. The van der Waals surface area contributed by atoms with E-state index in [9.17, 15) is 4.79 Å². The van der Waals surface area contributed by atoms with Crippen molar-refractivity contribution in [1.82, 2.24) is 19.0 Å². The Balaban J connectivity index is 1.26. The second-order valence-electron chi connectivity index (χ2n) is 12.8. The number of likely N-dealkylation sites (tertiary alicyclic amines) is 1. The molecule has 3 saturated carbocycles. The van der Waals surface area contributed by atoms with Gasteiger partial charge in [-0.05, 0) is 80.0 Å². The van der Waals surface area contributed by atoms with Crippen molar-refractivity contribution in [2.24, 2.45) is 24.6 Å². The van der Waals surface area contributed by atoms with Crippen LogP contribution in [-0.2, 0) is 13.6 Å². The molecule has 8 rings (SSSR count). The van der Waals surface area contributed by atoms with E-state index in [0.717, 1.165) is 54.4 Å².